The van der Waals surface area contributed by atoms with Crippen molar-refractivity contribution in [2.75, 3.05) is 20.3 Å². The molecule has 1 aromatic carbocycles. The topological polar surface area (TPSA) is 74.2 Å². The molecule has 0 aliphatic heterocycles. The molecule has 0 aliphatic carbocycles. The molecule has 0 spiro atoms. The molecule has 22 heavy (non-hydrogen) atoms. The van der Waals surface area contributed by atoms with Gasteiger partial charge in [0, 0.05) is 18.8 Å². The number of rotatable bonds is 9. The minimum absolute atomic E-state index is 0.00850. The number of methoxy groups -OCH3 is 1. The fraction of sp³-hybridized carbons (Fsp3) is 0.500. The van der Waals surface area contributed by atoms with Gasteiger partial charge in [0.15, 0.2) is 6.29 Å². The Labute approximate surface area is 130 Å². The van der Waals surface area contributed by atoms with Crippen LogP contribution in [-0.4, -0.2) is 32.4 Å². The first-order chi connectivity index (χ1) is 10.7. The fourth-order valence-corrected chi connectivity index (χ4v) is 1.96. The summed E-state index contributed by atoms with van der Waals surface area (Å²) < 4.78 is 15.6. The number of nitrogens with zero attached hydrogens (tertiary/aromatic N) is 1. The molecule has 6 nitrogen and oxygen atoms in total. The lowest BCUT2D eigenvalue weighted by Crippen LogP contribution is -2.10. The molecule has 120 valence electrons. The Morgan fingerprint density at radius 1 is 1.14 bits per heavy atom. The van der Waals surface area contributed by atoms with Crippen molar-refractivity contribution in [1.29, 1.82) is 0 Å². The molecule has 0 N–H and O–H groups in total. The predicted octanol–water partition coefficient (Wildman–Crippen LogP) is 2.70. The van der Waals surface area contributed by atoms with Crippen molar-refractivity contribution in [3.63, 3.8) is 0 Å². The Hall–Kier alpha value is -2.01. The summed E-state index contributed by atoms with van der Waals surface area (Å²) in [6.07, 6.45) is 1.05. The molecule has 0 bridgehead atoms. The SMILES string of the molecule is CCOC(OCC)c1ccc([C@H](CC(=O)OC)N=C=O)cc1. The van der Waals surface area contributed by atoms with Crippen LogP contribution >= 0.6 is 0 Å². The highest BCUT2D eigenvalue weighted by Crippen LogP contribution is 2.25. The van der Waals surface area contributed by atoms with Gasteiger partial charge in [0.05, 0.1) is 19.6 Å². The predicted molar refractivity (Wildman–Crippen MR) is 79.9 cm³/mol. The van der Waals surface area contributed by atoms with Gasteiger partial charge in [-0.15, -0.1) is 0 Å². The Morgan fingerprint density at radius 2 is 1.68 bits per heavy atom. The standard InChI is InChI=1S/C16H21NO5/c1-4-21-16(22-5-2)13-8-6-12(7-9-13)14(17-11-18)10-15(19)20-3/h6-9,14,16H,4-5,10H2,1-3H3/t14-/m0/s1. The minimum atomic E-state index is -0.600. The summed E-state index contributed by atoms with van der Waals surface area (Å²) in [6.45, 7) is 4.86. The highest BCUT2D eigenvalue weighted by Gasteiger charge is 2.17. The largest absolute Gasteiger partial charge is 0.469 e. The molecule has 0 saturated heterocycles. The zero-order chi connectivity index (χ0) is 16.4. The molecule has 6 heteroatoms. The summed E-state index contributed by atoms with van der Waals surface area (Å²) in [5, 5.41) is 0. The zero-order valence-electron chi connectivity index (χ0n) is 13.1. The molecule has 0 aromatic heterocycles. The van der Waals surface area contributed by atoms with Gasteiger partial charge in [-0.3, -0.25) is 4.79 Å². The number of ether oxygens (including phenoxy) is 3. The number of aliphatic imine (C=N–C) groups is 1. The van der Waals surface area contributed by atoms with Gasteiger partial charge >= 0.3 is 5.97 Å². The van der Waals surface area contributed by atoms with Gasteiger partial charge in [-0.25, -0.2) is 4.79 Å². The Kier molecular flexibility index (Phi) is 8.07. The van der Waals surface area contributed by atoms with Gasteiger partial charge in [0.25, 0.3) is 0 Å². The van der Waals surface area contributed by atoms with Gasteiger partial charge in [0.2, 0.25) is 6.08 Å². The monoisotopic (exact) mass is 307 g/mol. The maximum Gasteiger partial charge on any atom is 0.308 e. The lowest BCUT2D eigenvalue weighted by atomic mass is 10.0. The Bertz CT molecular complexity index is 502. The maximum absolute atomic E-state index is 11.4. The lowest BCUT2D eigenvalue weighted by Gasteiger charge is -2.18. The van der Waals surface area contributed by atoms with Crippen molar-refractivity contribution in [2.24, 2.45) is 4.99 Å². The van der Waals surface area contributed by atoms with Crippen molar-refractivity contribution >= 4 is 12.0 Å². The molecular formula is C16H21NO5. The highest BCUT2D eigenvalue weighted by atomic mass is 16.7. The van der Waals surface area contributed by atoms with Gasteiger partial charge in [0.1, 0.15) is 0 Å². The molecular weight excluding hydrogens is 286 g/mol. The van der Waals surface area contributed by atoms with Crippen LogP contribution in [0.25, 0.3) is 0 Å². The number of carbonyl (C=O) groups excluding carboxylic acids is 2. The summed E-state index contributed by atoms with van der Waals surface area (Å²) in [5.41, 5.74) is 1.59. The van der Waals surface area contributed by atoms with Crippen LogP contribution in [0.4, 0.5) is 0 Å². The van der Waals surface area contributed by atoms with Crippen molar-refractivity contribution in [3.8, 4) is 0 Å². The third-order valence-corrected chi connectivity index (χ3v) is 3.03. The normalized spacial score (nSPS) is 11.8. The van der Waals surface area contributed by atoms with Crippen molar-refractivity contribution in [3.05, 3.63) is 35.4 Å². The van der Waals surface area contributed by atoms with Crippen LogP contribution in [0.5, 0.6) is 0 Å². The van der Waals surface area contributed by atoms with E-state index in [1.54, 1.807) is 12.1 Å². The van der Waals surface area contributed by atoms with Crippen LogP contribution < -0.4 is 0 Å². The number of esters is 1. The summed E-state index contributed by atoms with van der Waals surface area (Å²) in [4.78, 5) is 25.5. The first-order valence-corrected chi connectivity index (χ1v) is 7.13. The van der Waals surface area contributed by atoms with E-state index >= 15 is 0 Å². The van der Waals surface area contributed by atoms with Crippen LogP contribution in [0, 0.1) is 0 Å². The van der Waals surface area contributed by atoms with E-state index in [0.717, 1.165) is 11.1 Å². The summed E-state index contributed by atoms with van der Waals surface area (Å²) in [5.74, 6) is -0.436. The van der Waals surface area contributed by atoms with Crippen LogP contribution in [0.1, 0.15) is 43.7 Å². The second-order valence-corrected chi connectivity index (χ2v) is 4.43. The third kappa shape index (κ3) is 5.41. The molecule has 0 saturated carbocycles. The van der Waals surface area contributed by atoms with Crippen LogP contribution in [0.15, 0.2) is 29.3 Å². The average Bonchev–Trinajstić information content (AvgIpc) is 2.54. The van der Waals surface area contributed by atoms with Crippen LogP contribution in [0.2, 0.25) is 0 Å². The first kappa shape index (κ1) is 18.0. The van der Waals surface area contributed by atoms with Gasteiger partial charge in [-0.05, 0) is 19.4 Å². The van der Waals surface area contributed by atoms with Crippen LogP contribution in [-0.2, 0) is 23.8 Å². The number of isocyanates is 1. The van der Waals surface area contributed by atoms with E-state index in [-0.39, 0.29) is 6.42 Å². The van der Waals surface area contributed by atoms with Gasteiger partial charge in [-0.2, -0.15) is 4.99 Å². The molecule has 0 radical (unpaired) electrons. The number of benzene rings is 1. The van der Waals surface area contributed by atoms with Crippen molar-refractivity contribution in [2.45, 2.75) is 32.6 Å². The molecule has 0 amide bonds. The molecule has 1 rings (SSSR count). The van der Waals surface area contributed by atoms with Crippen LogP contribution in [0.3, 0.4) is 0 Å². The van der Waals surface area contributed by atoms with Gasteiger partial charge < -0.3 is 14.2 Å². The number of carbonyl (C=O) groups is 1. The molecule has 0 fully saturated rings. The second-order valence-electron chi connectivity index (χ2n) is 4.43. The number of hydrogen-bond acceptors (Lipinski definition) is 6. The summed E-state index contributed by atoms with van der Waals surface area (Å²) in [7, 11) is 1.29. The smallest absolute Gasteiger partial charge is 0.308 e. The minimum Gasteiger partial charge on any atom is -0.469 e. The molecule has 1 atom stereocenters. The molecule has 0 aliphatic rings. The molecule has 0 heterocycles. The quantitative estimate of drug-likeness (QED) is 0.303. The van der Waals surface area contributed by atoms with E-state index in [1.807, 2.05) is 26.0 Å². The van der Waals surface area contributed by atoms with E-state index in [4.69, 9.17) is 9.47 Å². The van der Waals surface area contributed by atoms with Gasteiger partial charge in [-0.1, -0.05) is 24.3 Å². The Balaban J connectivity index is 2.92. The van der Waals surface area contributed by atoms with Crippen molar-refractivity contribution < 1.29 is 23.8 Å². The van der Waals surface area contributed by atoms with E-state index in [0.29, 0.717) is 13.2 Å². The second kappa shape index (κ2) is 9.84. The molecule has 0 unspecified atom stereocenters. The summed E-state index contributed by atoms with van der Waals surface area (Å²) in [6, 6.07) is 6.63. The lowest BCUT2D eigenvalue weighted by molar-refractivity contribution is -0.141. The van der Waals surface area contributed by atoms with Crippen molar-refractivity contribution in [1.82, 2.24) is 0 Å². The Morgan fingerprint density at radius 3 is 2.14 bits per heavy atom. The van der Waals surface area contributed by atoms with E-state index < -0.39 is 18.3 Å². The van der Waals surface area contributed by atoms with E-state index in [1.165, 1.54) is 13.2 Å². The maximum atomic E-state index is 11.4. The van der Waals surface area contributed by atoms with E-state index in [2.05, 4.69) is 9.73 Å². The van der Waals surface area contributed by atoms with E-state index in [9.17, 15) is 9.59 Å². The highest BCUT2D eigenvalue weighted by molar-refractivity contribution is 5.70. The number of hydrogen-bond donors (Lipinski definition) is 0. The zero-order valence-corrected chi connectivity index (χ0v) is 13.1. The molecule has 1 aromatic rings. The average molecular weight is 307 g/mol. The third-order valence-electron chi connectivity index (χ3n) is 3.03. The fourth-order valence-electron chi connectivity index (χ4n) is 1.96. The summed E-state index contributed by atoms with van der Waals surface area (Å²) >= 11 is 0. The first-order valence-electron chi connectivity index (χ1n) is 7.13.